The molecule has 7 aromatic rings. The molecule has 2 aliphatic heterocycles. The standard InChI is InChI=1S/C52H47F6N9O5S/c1-52(18-17-34-27-40(15-16-41(34)52)67(51(69)64-23-25-73(70)26-24-64)31-38-10-8-36(29-43(38)54)47-60-62-49(72-47)45(57)58)65-21-19-63(20-22-65)50(68)66(39-13-11-33(12-14-39)32-5-3-2-4-6-32)30-37-9-7-35(28-42(37)53)46-59-61-48(71-46)44(55)56/h2-16,27-29,44-45H,17-26,30-31H2,1H3. The number of anilines is 2. The maximum atomic E-state index is 15.9. The lowest BCUT2D eigenvalue weighted by molar-refractivity contribution is 0.0529. The van der Waals surface area contributed by atoms with Crippen molar-refractivity contribution in [3.8, 4) is 34.0 Å². The number of benzene rings is 5. The number of urea groups is 2. The molecule has 2 fully saturated rings. The number of alkyl halides is 4. The van der Waals surface area contributed by atoms with Crippen molar-refractivity contribution in [2.24, 2.45) is 0 Å². The molecule has 10 rings (SSSR count). The molecule has 0 radical (unpaired) electrons. The van der Waals surface area contributed by atoms with E-state index in [1.807, 2.05) is 72.8 Å². The molecule has 4 heterocycles. The van der Waals surface area contributed by atoms with Crippen LogP contribution in [0, 0.1) is 11.6 Å². The van der Waals surface area contributed by atoms with Crippen LogP contribution in [0.1, 0.15) is 60.2 Å². The summed E-state index contributed by atoms with van der Waals surface area (Å²) in [7, 11) is -1.05. The first-order valence-electron chi connectivity index (χ1n) is 23.5. The molecule has 1 aliphatic carbocycles. The lowest BCUT2D eigenvalue weighted by Gasteiger charge is -2.45. The summed E-state index contributed by atoms with van der Waals surface area (Å²) < 4.78 is 107. The zero-order chi connectivity index (χ0) is 51.0. The maximum absolute atomic E-state index is 15.9. The third-order valence-corrected chi connectivity index (χ3v) is 15.1. The molecule has 14 nitrogen and oxygen atoms in total. The van der Waals surface area contributed by atoms with E-state index in [4.69, 9.17) is 8.83 Å². The molecule has 1 unspecified atom stereocenters. The number of nitrogens with zero attached hydrogens (tertiary/aromatic N) is 9. The Balaban J connectivity index is 0.867. The van der Waals surface area contributed by atoms with Crippen LogP contribution in [0.3, 0.4) is 0 Å². The van der Waals surface area contributed by atoms with E-state index in [0.29, 0.717) is 55.5 Å². The Morgan fingerprint density at radius 1 is 0.616 bits per heavy atom. The van der Waals surface area contributed by atoms with Crippen LogP contribution in [0.25, 0.3) is 34.0 Å². The Kier molecular flexibility index (Phi) is 13.9. The van der Waals surface area contributed by atoms with Gasteiger partial charge < -0.3 is 18.6 Å². The molecule has 4 amide bonds. The number of hydrogen-bond acceptors (Lipinski definition) is 10. The van der Waals surface area contributed by atoms with Gasteiger partial charge >= 0.3 is 24.9 Å². The minimum atomic E-state index is -2.99. The minimum Gasteiger partial charge on any atom is -0.415 e. The average molecular weight is 1020 g/mol. The Morgan fingerprint density at radius 3 is 1.63 bits per heavy atom. The average Bonchev–Trinajstić information content (AvgIpc) is 4.19. The van der Waals surface area contributed by atoms with Gasteiger partial charge in [-0.2, -0.15) is 17.6 Å². The highest BCUT2D eigenvalue weighted by molar-refractivity contribution is 7.85. The molecule has 0 bridgehead atoms. The van der Waals surface area contributed by atoms with Gasteiger partial charge in [0.15, 0.2) is 0 Å². The number of aromatic nitrogens is 4. The SMILES string of the molecule is CC1(N2CCN(C(=O)N(Cc3ccc(-c4nnc(C(F)F)o4)cc3F)c3ccc(-c4ccccc4)cc3)CC2)CCc2cc(N(Cc3ccc(-c4nnc(C(F)F)o4)cc3F)C(=O)N3CCS(=O)CC3)ccc21. The van der Waals surface area contributed by atoms with E-state index in [0.717, 1.165) is 40.8 Å². The summed E-state index contributed by atoms with van der Waals surface area (Å²) in [6.45, 7) is 4.13. The number of hydrogen-bond donors (Lipinski definition) is 0. The molecule has 0 spiro atoms. The van der Waals surface area contributed by atoms with Gasteiger partial charge in [-0.1, -0.05) is 60.7 Å². The number of halogens is 6. The topological polar surface area (TPSA) is 145 Å². The van der Waals surface area contributed by atoms with E-state index in [-0.39, 0.29) is 72.3 Å². The molecule has 73 heavy (non-hydrogen) atoms. The second-order valence-electron chi connectivity index (χ2n) is 18.2. The van der Waals surface area contributed by atoms with Crippen LogP contribution in [-0.2, 0) is 35.8 Å². The second-order valence-corrected chi connectivity index (χ2v) is 19.9. The summed E-state index contributed by atoms with van der Waals surface area (Å²) in [4.78, 5) is 37.7. The smallest absolute Gasteiger partial charge is 0.324 e. The predicted molar refractivity (Wildman–Crippen MR) is 259 cm³/mol. The first-order chi connectivity index (χ1) is 35.2. The van der Waals surface area contributed by atoms with Crippen LogP contribution in [-0.4, -0.2) is 102 Å². The van der Waals surface area contributed by atoms with Gasteiger partial charge in [-0.25, -0.2) is 18.4 Å². The predicted octanol–water partition coefficient (Wildman–Crippen LogP) is 10.4. The summed E-state index contributed by atoms with van der Waals surface area (Å²) in [6.07, 6.45) is -4.55. The summed E-state index contributed by atoms with van der Waals surface area (Å²) >= 11 is 0. The molecular weight excluding hydrogens is 977 g/mol. The highest BCUT2D eigenvalue weighted by atomic mass is 32.2. The van der Waals surface area contributed by atoms with Crippen LogP contribution in [0.15, 0.2) is 118 Å². The fourth-order valence-corrected chi connectivity index (χ4v) is 10.8. The molecule has 3 aliphatic rings. The van der Waals surface area contributed by atoms with Crippen molar-refractivity contribution in [1.82, 2.24) is 35.1 Å². The van der Waals surface area contributed by atoms with Gasteiger partial charge in [0.1, 0.15) is 11.6 Å². The Labute approximate surface area is 417 Å². The van der Waals surface area contributed by atoms with Crippen molar-refractivity contribution in [2.75, 3.05) is 60.6 Å². The fourth-order valence-electron chi connectivity index (χ4n) is 9.72. The van der Waals surface area contributed by atoms with E-state index < -0.39 is 52.6 Å². The lowest BCUT2D eigenvalue weighted by Crippen LogP contribution is -2.57. The molecule has 378 valence electrons. The van der Waals surface area contributed by atoms with Crippen LogP contribution in [0.5, 0.6) is 0 Å². The third kappa shape index (κ3) is 10.2. The van der Waals surface area contributed by atoms with Crippen molar-refractivity contribution in [2.45, 2.75) is 51.2 Å². The fraction of sp³-hybridized carbons (Fsp3) is 0.308. The number of amides is 4. The van der Waals surface area contributed by atoms with Crippen LogP contribution < -0.4 is 9.80 Å². The Hall–Kier alpha value is -7.39. The van der Waals surface area contributed by atoms with Crippen molar-refractivity contribution < 1.29 is 49.0 Å². The summed E-state index contributed by atoms with van der Waals surface area (Å²) in [5.41, 5.74) is 5.15. The minimum absolute atomic E-state index is 0.0991. The number of carbonyl (C=O) groups excluding carboxylic acids is 2. The maximum Gasteiger partial charge on any atom is 0.324 e. The zero-order valence-electron chi connectivity index (χ0n) is 39.3. The normalized spacial score (nSPS) is 17.4. The number of piperazine rings is 1. The summed E-state index contributed by atoms with van der Waals surface area (Å²) in [5, 5.41) is 13.9. The molecule has 0 N–H and O–H groups in total. The molecule has 5 aromatic carbocycles. The molecule has 2 saturated heterocycles. The Bertz CT molecular complexity index is 3160. The Morgan fingerprint density at radius 2 is 1.11 bits per heavy atom. The van der Waals surface area contributed by atoms with Gasteiger partial charge in [-0.15, -0.1) is 20.4 Å². The highest BCUT2D eigenvalue weighted by Gasteiger charge is 2.42. The number of aryl methyl sites for hydroxylation is 1. The van der Waals surface area contributed by atoms with E-state index in [1.165, 1.54) is 34.1 Å². The molecule has 21 heteroatoms. The highest BCUT2D eigenvalue weighted by Crippen LogP contribution is 2.44. The monoisotopic (exact) mass is 1020 g/mol. The lowest BCUT2D eigenvalue weighted by atomic mass is 9.91. The second kappa shape index (κ2) is 20.6. The molecule has 2 aromatic heterocycles. The van der Waals surface area contributed by atoms with Gasteiger partial charge in [0.25, 0.3) is 11.8 Å². The van der Waals surface area contributed by atoms with Crippen molar-refractivity contribution >= 4 is 34.2 Å². The van der Waals surface area contributed by atoms with Gasteiger partial charge in [-0.3, -0.25) is 18.9 Å². The van der Waals surface area contributed by atoms with Crippen molar-refractivity contribution in [1.29, 1.82) is 0 Å². The largest absolute Gasteiger partial charge is 0.415 e. The van der Waals surface area contributed by atoms with Crippen LogP contribution >= 0.6 is 0 Å². The number of carbonyl (C=O) groups is 2. The third-order valence-electron chi connectivity index (χ3n) is 13.8. The van der Waals surface area contributed by atoms with Crippen LogP contribution in [0.4, 0.5) is 47.3 Å². The molecule has 0 saturated carbocycles. The van der Waals surface area contributed by atoms with E-state index >= 15 is 8.78 Å². The van der Waals surface area contributed by atoms with E-state index in [9.17, 15) is 31.4 Å². The first-order valence-corrected chi connectivity index (χ1v) is 25.0. The summed E-state index contributed by atoms with van der Waals surface area (Å²) in [5.74, 6) is -3.06. The first kappa shape index (κ1) is 49.2. The number of fused-ring (bicyclic) bond motifs is 1. The van der Waals surface area contributed by atoms with E-state index in [2.05, 4.69) is 32.2 Å². The molecular formula is C52H47F6N9O5S. The van der Waals surface area contributed by atoms with Crippen LogP contribution in [0.2, 0.25) is 0 Å². The number of rotatable bonds is 12. The summed E-state index contributed by atoms with van der Waals surface area (Å²) in [6, 6.07) is 30.3. The van der Waals surface area contributed by atoms with Gasteiger partial charge in [-0.05, 0) is 90.6 Å². The van der Waals surface area contributed by atoms with E-state index in [1.54, 1.807) is 9.80 Å². The zero-order valence-corrected chi connectivity index (χ0v) is 40.1. The quantitative estimate of drug-likeness (QED) is 0.108. The van der Waals surface area contributed by atoms with Crippen molar-refractivity contribution in [3.05, 3.63) is 155 Å². The molecule has 1 atom stereocenters. The van der Waals surface area contributed by atoms with Gasteiger partial charge in [0.2, 0.25) is 11.8 Å². The van der Waals surface area contributed by atoms with Crippen molar-refractivity contribution in [3.63, 3.8) is 0 Å². The van der Waals surface area contributed by atoms with Gasteiger partial charge in [0, 0.05) is 101 Å². The van der Waals surface area contributed by atoms with Gasteiger partial charge in [0.05, 0.1) is 13.1 Å².